The van der Waals surface area contributed by atoms with E-state index in [9.17, 15) is 14.3 Å². The molecule has 1 aliphatic rings. The Morgan fingerprint density at radius 2 is 2.40 bits per heavy atom. The van der Waals surface area contributed by atoms with Gasteiger partial charge in [-0.2, -0.15) is 0 Å². The number of hydrogen-bond donors (Lipinski definition) is 1. The summed E-state index contributed by atoms with van der Waals surface area (Å²) in [6.45, 7) is 0.641. The molecule has 1 heterocycles. The number of hydrogen-bond acceptors (Lipinski definition) is 3. The summed E-state index contributed by atoms with van der Waals surface area (Å²) in [6.07, 6.45) is 4.71. The fourth-order valence-electron chi connectivity index (χ4n) is 2.37. The normalized spacial score (nSPS) is 18.8. The van der Waals surface area contributed by atoms with Gasteiger partial charge in [-0.15, -0.1) is 0 Å². The monoisotopic (exact) mass is 279 g/mol. The van der Waals surface area contributed by atoms with E-state index in [0.29, 0.717) is 12.1 Å². The fourth-order valence-corrected chi connectivity index (χ4v) is 2.37. The van der Waals surface area contributed by atoms with Crippen molar-refractivity contribution in [3.8, 4) is 5.75 Å². The lowest BCUT2D eigenvalue weighted by Gasteiger charge is -2.21. The molecule has 0 radical (unpaired) electrons. The minimum absolute atomic E-state index is 0.0171. The summed E-state index contributed by atoms with van der Waals surface area (Å²) in [5.41, 5.74) is 0.594. The first-order valence-electron chi connectivity index (χ1n) is 6.58. The predicted molar refractivity (Wildman–Crippen MR) is 73.8 cm³/mol. The summed E-state index contributed by atoms with van der Waals surface area (Å²) in [7, 11) is 1.40. The molecule has 1 amide bonds. The maximum absolute atomic E-state index is 13.5. The Hall–Kier alpha value is -1.88. The number of likely N-dealkylation sites (tertiary alicyclic amines) is 1. The van der Waals surface area contributed by atoms with Crippen LogP contribution in [0, 0.1) is 5.82 Å². The maximum atomic E-state index is 13.5. The highest BCUT2D eigenvalue weighted by atomic mass is 19.1. The van der Waals surface area contributed by atoms with Crippen LogP contribution < -0.4 is 4.74 Å². The molecule has 108 valence electrons. The van der Waals surface area contributed by atoms with E-state index < -0.39 is 5.82 Å². The van der Waals surface area contributed by atoms with Gasteiger partial charge in [0.1, 0.15) is 0 Å². The molecule has 5 heteroatoms. The van der Waals surface area contributed by atoms with Gasteiger partial charge in [-0.05, 0) is 36.6 Å². The summed E-state index contributed by atoms with van der Waals surface area (Å²) in [4.78, 5) is 13.7. The number of aliphatic hydroxyl groups is 1. The van der Waals surface area contributed by atoms with E-state index >= 15 is 0 Å². The molecule has 0 bridgehead atoms. The Morgan fingerprint density at radius 1 is 1.60 bits per heavy atom. The lowest BCUT2D eigenvalue weighted by atomic mass is 10.2. The molecule has 1 aromatic carbocycles. The number of ether oxygens (including phenoxy) is 1. The second-order valence-corrected chi connectivity index (χ2v) is 4.74. The summed E-state index contributed by atoms with van der Waals surface area (Å²) in [5.74, 6) is -0.442. The quantitative estimate of drug-likeness (QED) is 0.855. The molecule has 1 saturated heterocycles. The Kier molecular flexibility index (Phi) is 4.74. The number of rotatable bonds is 4. The van der Waals surface area contributed by atoms with E-state index in [-0.39, 0.29) is 24.3 Å². The van der Waals surface area contributed by atoms with Crippen molar-refractivity contribution < 1.29 is 19.0 Å². The smallest absolute Gasteiger partial charge is 0.246 e. The summed E-state index contributed by atoms with van der Waals surface area (Å²) in [6, 6.07) is 4.42. The predicted octanol–water partition coefficient (Wildman–Crippen LogP) is 1.83. The van der Waals surface area contributed by atoms with E-state index in [0.717, 1.165) is 12.8 Å². The van der Waals surface area contributed by atoms with Crippen molar-refractivity contribution in [2.75, 3.05) is 20.3 Å². The molecule has 0 aliphatic carbocycles. The van der Waals surface area contributed by atoms with Gasteiger partial charge in [-0.1, -0.05) is 6.07 Å². The van der Waals surface area contributed by atoms with E-state index in [1.165, 1.54) is 25.3 Å². The van der Waals surface area contributed by atoms with Crippen LogP contribution in [0.2, 0.25) is 0 Å². The van der Waals surface area contributed by atoms with Crippen LogP contribution in [0.5, 0.6) is 5.75 Å². The third-order valence-corrected chi connectivity index (χ3v) is 3.47. The highest BCUT2D eigenvalue weighted by Crippen LogP contribution is 2.20. The molecule has 1 aliphatic heterocycles. The Labute approximate surface area is 117 Å². The average Bonchev–Trinajstić information content (AvgIpc) is 2.93. The van der Waals surface area contributed by atoms with Crippen molar-refractivity contribution in [3.05, 3.63) is 35.7 Å². The Morgan fingerprint density at radius 3 is 3.05 bits per heavy atom. The zero-order valence-corrected chi connectivity index (χ0v) is 11.4. The number of amides is 1. The van der Waals surface area contributed by atoms with Crippen molar-refractivity contribution in [3.63, 3.8) is 0 Å². The van der Waals surface area contributed by atoms with Gasteiger partial charge in [0.05, 0.1) is 19.8 Å². The summed E-state index contributed by atoms with van der Waals surface area (Å²) in [5, 5.41) is 9.18. The van der Waals surface area contributed by atoms with Crippen molar-refractivity contribution in [1.82, 2.24) is 4.90 Å². The van der Waals surface area contributed by atoms with E-state index in [1.807, 2.05) is 0 Å². The molecule has 0 saturated carbocycles. The van der Waals surface area contributed by atoms with E-state index in [1.54, 1.807) is 17.0 Å². The van der Waals surface area contributed by atoms with Crippen molar-refractivity contribution >= 4 is 12.0 Å². The fraction of sp³-hybridized carbons (Fsp3) is 0.400. The van der Waals surface area contributed by atoms with Crippen molar-refractivity contribution in [2.45, 2.75) is 18.9 Å². The molecule has 2 rings (SSSR count). The largest absolute Gasteiger partial charge is 0.494 e. The van der Waals surface area contributed by atoms with Crippen LogP contribution in [0.1, 0.15) is 18.4 Å². The lowest BCUT2D eigenvalue weighted by Crippen LogP contribution is -2.36. The number of benzene rings is 1. The molecule has 1 N–H and O–H groups in total. The molecule has 4 nitrogen and oxygen atoms in total. The van der Waals surface area contributed by atoms with Gasteiger partial charge in [0.2, 0.25) is 5.91 Å². The third kappa shape index (κ3) is 3.17. The zero-order valence-electron chi connectivity index (χ0n) is 11.4. The number of halogens is 1. The second-order valence-electron chi connectivity index (χ2n) is 4.74. The van der Waals surface area contributed by atoms with Gasteiger partial charge < -0.3 is 14.7 Å². The third-order valence-electron chi connectivity index (χ3n) is 3.47. The molecular formula is C15H18FNO3. The van der Waals surface area contributed by atoms with Crippen molar-refractivity contribution in [1.29, 1.82) is 0 Å². The van der Waals surface area contributed by atoms with Crippen LogP contribution in [0.4, 0.5) is 4.39 Å². The van der Waals surface area contributed by atoms with E-state index in [2.05, 4.69) is 0 Å². The molecule has 1 atom stereocenters. The molecule has 1 fully saturated rings. The van der Waals surface area contributed by atoms with Gasteiger partial charge in [-0.3, -0.25) is 4.79 Å². The van der Waals surface area contributed by atoms with Crippen molar-refractivity contribution in [2.24, 2.45) is 0 Å². The standard InChI is InChI=1S/C15H18FNO3/c1-20-14-6-4-11(9-13(14)16)5-7-15(19)17-8-2-3-12(17)10-18/h4-7,9,12,18H,2-3,8,10H2,1H3/b7-5+/t12-/m1/s1. The van der Waals surface area contributed by atoms with Crippen LogP contribution >= 0.6 is 0 Å². The minimum Gasteiger partial charge on any atom is -0.494 e. The molecule has 1 aromatic rings. The van der Waals surface area contributed by atoms with E-state index in [4.69, 9.17) is 4.74 Å². The SMILES string of the molecule is COc1ccc(/C=C/C(=O)N2CCC[C@@H]2CO)cc1F. The molecular weight excluding hydrogens is 261 g/mol. The minimum atomic E-state index is -0.462. The first-order valence-corrected chi connectivity index (χ1v) is 6.58. The molecule has 0 spiro atoms. The number of carbonyl (C=O) groups excluding carboxylic acids is 1. The van der Waals surface area contributed by atoms with Crippen LogP contribution in [0.3, 0.4) is 0 Å². The Bertz CT molecular complexity index is 516. The molecule has 20 heavy (non-hydrogen) atoms. The van der Waals surface area contributed by atoms with Gasteiger partial charge in [0.15, 0.2) is 11.6 Å². The van der Waals surface area contributed by atoms with Crippen LogP contribution in [-0.2, 0) is 4.79 Å². The summed E-state index contributed by atoms with van der Waals surface area (Å²) < 4.78 is 18.3. The van der Waals surface area contributed by atoms with Gasteiger partial charge in [0, 0.05) is 12.6 Å². The van der Waals surface area contributed by atoms with Crippen LogP contribution in [0.15, 0.2) is 24.3 Å². The number of aliphatic hydroxyl groups excluding tert-OH is 1. The first kappa shape index (κ1) is 14.5. The van der Waals surface area contributed by atoms with Gasteiger partial charge in [-0.25, -0.2) is 4.39 Å². The van der Waals surface area contributed by atoms with Gasteiger partial charge in [0.25, 0.3) is 0 Å². The molecule has 0 unspecified atom stereocenters. The first-order chi connectivity index (χ1) is 9.65. The summed E-state index contributed by atoms with van der Waals surface area (Å²) >= 11 is 0. The van der Waals surface area contributed by atoms with Crippen LogP contribution in [0.25, 0.3) is 6.08 Å². The number of carbonyl (C=O) groups is 1. The highest BCUT2D eigenvalue weighted by molar-refractivity contribution is 5.92. The average molecular weight is 279 g/mol. The van der Waals surface area contributed by atoms with Gasteiger partial charge >= 0.3 is 0 Å². The van der Waals surface area contributed by atoms with Crippen LogP contribution in [-0.4, -0.2) is 42.2 Å². The number of methoxy groups -OCH3 is 1. The zero-order chi connectivity index (χ0) is 14.5. The number of nitrogens with zero attached hydrogens (tertiary/aromatic N) is 1. The maximum Gasteiger partial charge on any atom is 0.246 e. The second kappa shape index (κ2) is 6.52. The Balaban J connectivity index is 2.05. The lowest BCUT2D eigenvalue weighted by molar-refractivity contribution is -0.127. The molecule has 0 aromatic heterocycles. The highest BCUT2D eigenvalue weighted by Gasteiger charge is 2.26. The topological polar surface area (TPSA) is 49.8 Å².